The van der Waals surface area contributed by atoms with Crippen molar-refractivity contribution in [3.05, 3.63) is 46.6 Å². The van der Waals surface area contributed by atoms with E-state index in [1.807, 2.05) is 24.3 Å². The van der Waals surface area contributed by atoms with Crippen LogP contribution in [0.3, 0.4) is 0 Å². The lowest BCUT2D eigenvalue weighted by molar-refractivity contribution is 0.831. The van der Waals surface area contributed by atoms with Crippen molar-refractivity contribution in [2.24, 2.45) is 0 Å². The van der Waals surface area contributed by atoms with E-state index in [-0.39, 0.29) is 5.28 Å². The van der Waals surface area contributed by atoms with Crippen LogP contribution in [0.2, 0.25) is 5.28 Å². The van der Waals surface area contributed by atoms with Gasteiger partial charge in [-0.3, -0.25) is 0 Å². The summed E-state index contributed by atoms with van der Waals surface area (Å²) in [6, 6.07) is 8.07. The zero-order chi connectivity index (χ0) is 16.4. The number of fused-ring (bicyclic) bond motifs is 1. The molecule has 0 spiro atoms. The molecule has 122 valence electrons. The summed E-state index contributed by atoms with van der Waals surface area (Å²) < 4.78 is 0. The van der Waals surface area contributed by atoms with Crippen LogP contribution in [0.5, 0.6) is 0 Å². The van der Waals surface area contributed by atoms with Gasteiger partial charge in [-0.25, -0.2) is 4.98 Å². The Morgan fingerprint density at radius 1 is 1.21 bits per heavy atom. The molecule has 0 radical (unpaired) electrons. The van der Waals surface area contributed by atoms with Crippen molar-refractivity contribution >= 4 is 34.9 Å². The lowest BCUT2D eigenvalue weighted by Gasteiger charge is -2.18. The molecule has 1 aliphatic rings. The molecule has 2 aromatic heterocycles. The number of nitrogens with zero attached hydrogens (tertiary/aromatic N) is 5. The summed E-state index contributed by atoms with van der Waals surface area (Å²) >= 11 is 7.83. The van der Waals surface area contributed by atoms with E-state index >= 15 is 0 Å². The molecule has 0 atom stereocenters. The van der Waals surface area contributed by atoms with E-state index in [4.69, 9.17) is 11.6 Å². The third kappa shape index (κ3) is 3.34. The monoisotopic (exact) mass is 359 g/mol. The van der Waals surface area contributed by atoms with Crippen LogP contribution in [0.25, 0.3) is 0 Å². The molecule has 0 aliphatic carbocycles. The number of H-pyrrole nitrogens is 1. The molecule has 0 saturated heterocycles. The van der Waals surface area contributed by atoms with Crippen LogP contribution in [0.4, 0.5) is 11.5 Å². The van der Waals surface area contributed by atoms with Crippen molar-refractivity contribution in [3.63, 3.8) is 0 Å². The van der Waals surface area contributed by atoms with Gasteiger partial charge >= 0.3 is 0 Å². The number of halogens is 1. The Labute approximate surface area is 147 Å². The second kappa shape index (κ2) is 6.74. The average Bonchev–Trinajstić information content (AvgIpc) is 3.09. The van der Waals surface area contributed by atoms with Gasteiger partial charge in [0.05, 0.1) is 10.6 Å². The third-order valence-corrected chi connectivity index (χ3v) is 5.06. The van der Waals surface area contributed by atoms with Gasteiger partial charge in [-0.15, -0.1) is 22.0 Å². The summed E-state index contributed by atoms with van der Waals surface area (Å²) in [7, 11) is 0. The van der Waals surface area contributed by atoms with Crippen LogP contribution >= 0.6 is 23.4 Å². The molecule has 4 rings (SSSR count). The molecule has 0 saturated carbocycles. The Balaban J connectivity index is 1.54. The SMILES string of the molecule is Clc1nc2c(c(Nc3ccc(Cc4nn[nH]n4)cc3)n1)SCCC2. The number of benzene rings is 1. The molecule has 0 fully saturated rings. The molecule has 0 unspecified atom stereocenters. The lowest BCUT2D eigenvalue weighted by atomic mass is 10.1. The van der Waals surface area contributed by atoms with Crippen LogP contribution in [0.15, 0.2) is 29.2 Å². The number of thioether (sulfide) groups is 1. The van der Waals surface area contributed by atoms with Gasteiger partial charge in [-0.2, -0.15) is 10.2 Å². The Morgan fingerprint density at radius 2 is 2.08 bits per heavy atom. The maximum Gasteiger partial charge on any atom is 0.224 e. The molecule has 1 aromatic carbocycles. The third-order valence-electron chi connectivity index (χ3n) is 3.68. The minimum atomic E-state index is 0.285. The van der Waals surface area contributed by atoms with E-state index in [9.17, 15) is 0 Å². The van der Waals surface area contributed by atoms with Crippen LogP contribution in [0.1, 0.15) is 23.5 Å². The van der Waals surface area contributed by atoms with Gasteiger partial charge in [0, 0.05) is 12.1 Å². The summed E-state index contributed by atoms with van der Waals surface area (Å²) in [5.41, 5.74) is 3.09. The Bertz CT molecular complexity index is 836. The van der Waals surface area contributed by atoms with Gasteiger partial charge in [0.2, 0.25) is 5.28 Å². The van der Waals surface area contributed by atoms with Crippen LogP contribution < -0.4 is 5.32 Å². The first-order valence-corrected chi connectivity index (χ1v) is 8.92. The number of aromatic amines is 1. The van der Waals surface area contributed by atoms with Gasteiger partial charge in [-0.05, 0) is 47.9 Å². The topological polar surface area (TPSA) is 92.3 Å². The first-order valence-electron chi connectivity index (χ1n) is 7.55. The maximum absolute atomic E-state index is 6.06. The quantitative estimate of drug-likeness (QED) is 0.691. The standard InChI is InChI=1S/C15H14ClN7S/c16-15-18-11-2-1-7-24-13(11)14(19-15)17-10-5-3-9(4-6-10)8-12-20-22-23-21-12/h3-6H,1-2,7-8H2,(H,17,18,19)(H,20,21,22,23). The number of aryl methyl sites for hydroxylation is 1. The molecule has 9 heteroatoms. The van der Waals surface area contributed by atoms with E-state index < -0.39 is 0 Å². The highest BCUT2D eigenvalue weighted by atomic mass is 35.5. The van der Waals surface area contributed by atoms with E-state index in [1.54, 1.807) is 11.8 Å². The molecular formula is C15H14ClN7S. The largest absolute Gasteiger partial charge is 0.339 e. The van der Waals surface area contributed by atoms with Gasteiger partial charge in [-0.1, -0.05) is 17.3 Å². The van der Waals surface area contributed by atoms with Crippen LogP contribution in [0, 0.1) is 0 Å². The number of anilines is 2. The first kappa shape index (κ1) is 15.3. The molecule has 2 N–H and O–H groups in total. The molecule has 0 amide bonds. The Kier molecular flexibility index (Phi) is 4.31. The van der Waals surface area contributed by atoms with Gasteiger partial charge in [0.25, 0.3) is 0 Å². The number of tetrazole rings is 1. The van der Waals surface area contributed by atoms with Gasteiger partial charge < -0.3 is 5.32 Å². The predicted molar refractivity (Wildman–Crippen MR) is 92.8 cm³/mol. The molecule has 0 bridgehead atoms. The number of hydrogen-bond donors (Lipinski definition) is 2. The first-order chi connectivity index (χ1) is 11.8. The molecule has 24 heavy (non-hydrogen) atoms. The minimum Gasteiger partial charge on any atom is -0.339 e. The fraction of sp³-hybridized carbons (Fsp3) is 0.267. The number of aromatic nitrogens is 6. The zero-order valence-corrected chi connectivity index (χ0v) is 14.2. The minimum absolute atomic E-state index is 0.285. The highest BCUT2D eigenvalue weighted by Crippen LogP contribution is 2.36. The zero-order valence-electron chi connectivity index (χ0n) is 12.7. The van der Waals surface area contributed by atoms with E-state index in [0.717, 1.165) is 46.3 Å². The van der Waals surface area contributed by atoms with E-state index in [2.05, 4.69) is 35.9 Å². The highest BCUT2D eigenvalue weighted by Gasteiger charge is 2.18. The van der Waals surface area contributed by atoms with Crippen molar-refractivity contribution in [2.75, 3.05) is 11.1 Å². The molecule has 7 nitrogen and oxygen atoms in total. The van der Waals surface area contributed by atoms with E-state index in [1.165, 1.54) is 0 Å². The second-order valence-corrected chi connectivity index (χ2v) is 6.84. The smallest absolute Gasteiger partial charge is 0.224 e. The average molecular weight is 360 g/mol. The number of nitrogens with one attached hydrogen (secondary N) is 2. The molecular weight excluding hydrogens is 346 g/mol. The van der Waals surface area contributed by atoms with Crippen molar-refractivity contribution < 1.29 is 0 Å². The summed E-state index contributed by atoms with van der Waals surface area (Å²) in [6.45, 7) is 0. The lowest BCUT2D eigenvalue weighted by Crippen LogP contribution is -2.07. The van der Waals surface area contributed by atoms with Crippen molar-refractivity contribution in [1.82, 2.24) is 30.6 Å². The summed E-state index contributed by atoms with van der Waals surface area (Å²) in [6.07, 6.45) is 2.71. The van der Waals surface area contributed by atoms with Crippen LogP contribution in [-0.4, -0.2) is 36.3 Å². The predicted octanol–water partition coefficient (Wildman–Crippen LogP) is 3.02. The van der Waals surface area contributed by atoms with Gasteiger partial charge in [0.15, 0.2) is 5.82 Å². The van der Waals surface area contributed by atoms with Crippen molar-refractivity contribution in [1.29, 1.82) is 0 Å². The number of hydrogen-bond acceptors (Lipinski definition) is 7. The highest BCUT2D eigenvalue weighted by molar-refractivity contribution is 7.99. The summed E-state index contributed by atoms with van der Waals surface area (Å²) in [5, 5.41) is 17.6. The Hall–Kier alpha value is -2.19. The molecule has 1 aliphatic heterocycles. The second-order valence-electron chi connectivity index (χ2n) is 5.40. The van der Waals surface area contributed by atoms with Crippen molar-refractivity contribution in [3.8, 4) is 0 Å². The fourth-order valence-corrected chi connectivity index (χ4v) is 3.80. The Morgan fingerprint density at radius 3 is 2.88 bits per heavy atom. The van der Waals surface area contributed by atoms with Gasteiger partial charge in [0.1, 0.15) is 5.82 Å². The molecule has 3 heterocycles. The molecule has 3 aromatic rings. The van der Waals surface area contributed by atoms with Crippen molar-refractivity contribution in [2.45, 2.75) is 24.2 Å². The summed E-state index contributed by atoms with van der Waals surface area (Å²) in [5.74, 6) is 2.53. The number of rotatable bonds is 4. The maximum atomic E-state index is 6.06. The fourth-order valence-electron chi connectivity index (χ4n) is 2.57. The summed E-state index contributed by atoms with van der Waals surface area (Å²) in [4.78, 5) is 9.80. The van der Waals surface area contributed by atoms with Crippen LogP contribution in [-0.2, 0) is 12.8 Å². The normalized spacial score (nSPS) is 13.5. The van der Waals surface area contributed by atoms with E-state index in [0.29, 0.717) is 12.2 Å².